The highest BCUT2D eigenvalue weighted by Gasteiger charge is 2.34. The van der Waals surface area contributed by atoms with Crippen LogP contribution in [0.3, 0.4) is 0 Å². The van der Waals surface area contributed by atoms with Crippen LogP contribution in [0.1, 0.15) is 30.7 Å². The molecule has 0 saturated heterocycles. The lowest BCUT2D eigenvalue weighted by Gasteiger charge is -2.16. The Morgan fingerprint density at radius 3 is 2.85 bits per heavy atom. The number of carboxylic acid groups (broad SMARTS) is 1. The molecule has 3 rings (SSSR count). The normalized spacial score (nSPS) is 16.3. The van der Waals surface area contributed by atoms with Crippen molar-refractivity contribution in [3.63, 3.8) is 0 Å². The summed E-state index contributed by atoms with van der Waals surface area (Å²) in [4.78, 5) is 11.1. The first-order chi connectivity index (χ1) is 9.60. The van der Waals surface area contributed by atoms with E-state index in [1.807, 2.05) is 29.9 Å². The molecule has 4 heteroatoms. The molecule has 1 fully saturated rings. The van der Waals surface area contributed by atoms with Crippen molar-refractivity contribution in [2.45, 2.75) is 25.2 Å². The van der Waals surface area contributed by atoms with E-state index < -0.39 is 5.97 Å². The van der Waals surface area contributed by atoms with Gasteiger partial charge in [0.15, 0.2) is 0 Å². The largest absolute Gasteiger partial charge is 0.496 e. The van der Waals surface area contributed by atoms with Gasteiger partial charge in [-0.15, -0.1) is 0 Å². The van der Waals surface area contributed by atoms with E-state index in [1.165, 1.54) is 0 Å². The number of fused-ring (bicyclic) bond motifs is 1. The van der Waals surface area contributed by atoms with E-state index in [0.717, 1.165) is 35.1 Å². The molecule has 0 amide bonds. The zero-order chi connectivity index (χ0) is 14.3. The molecule has 1 atom stereocenters. The number of benzene rings is 1. The van der Waals surface area contributed by atoms with Crippen molar-refractivity contribution in [2.24, 2.45) is 13.0 Å². The summed E-state index contributed by atoms with van der Waals surface area (Å²) in [7, 11) is 3.66. The van der Waals surface area contributed by atoms with Crippen LogP contribution in [0.4, 0.5) is 0 Å². The van der Waals surface area contributed by atoms with Crippen LogP contribution in [0.15, 0.2) is 24.4 Å². The van der Waals surface area contributed by atoms with Crippen molar-refractivity contribution < 1.29 is 14.6 Å². The van der Waals surface area contributed by atoms with E-state index in [9.17, 15) is 4.79 Å². The number of nitrogens with zero attached hydrogens (tertiary/aromatic N) is 1. The summed E-state index contributed by atoms with van der Waals surface area (Å²) in [5, 5.41) is 10.2. The molecule has 0 aliphatic heterocycles. The number of aromatic nitrogens is 1. The molecule has 1 aliphatic carbocycles. The Morgan fingerprint density at radius 1 is 1.50 bits per heavy atom. The Balaban J connectivity index is 2.09. The van der Waals surface area contributed by atoms with Gasteiger partial charge in [-0.2, -0.15) is 0 Å². The fraction of sp³-hybridized carbons (Fsp3) is 0.438. The third kappa shape index (κ3) is 2.26. The van der Waals surface area contributed by atoms with Gasteiger partial charge >= 0.3 is 5.97 Å². The van der Waals surface area contributed by atoms with Gasteiger partial charge < -0.3 is 14.4 Å². The summed E-state index contributed by atoms with van der Waals surface area (Å²) < 4.78 is 7.52. The Labute approximate surface area is 118 Å². The minimum atomic E-state index is -0.729. The molecule has 20 heavy (non-hydrogen) atoms. The minimum absolute atomic E-state index is 0.0979. The molecule has 106 valence electrons. The van der Waals surface area contributed by atoms with Crippen LogP contribution in [-0.2, 0) is 11.8 Å². The van der Waals surface area contributed by atoms with Crippen molar-refractivity contribution >= 4 is 16.9 Å². The van der Waals surface area contributed by atoms with Gasteiger partial charge in [0.05, 0.1) is 19.0 Å². The maximum Gasteiger partial charge on any atom is 0.303 e. The van der Waals surface area contributed by atoms with Crippen LogP contribution in [0.25, 0.3) is 10.9 Å². The summed E-state index contributed by atoms with van der Waals surface area (Å²) in [6.07, 6.45) is 4.46. The van der Waals surface area contributed by atoms with E-state index in [2.05, 4.69) is 6.07 Å². The molecule has 1 aromatic carbocycles. The van der Waals surface area contributed by atoms with Gasteiger partial charge in [-0.25, -0.2) is 0 Å². The molecule has 1 unspecified atom stereocenters. The first-order valence-electron chi connectivity index (χ1n) is 6.95. The molecule has 1 saturated carbocycles. The number of aryl methyl sites for hydroxylation is 1. The van der Waals surface area contributed by atoms with E-state index in [0.29, 0.717) is 5.92 Å². The molecule has 1 N–H and O–H groups in total. The summed E-state index contributed by atoms with van der Waals surface area (Å²) in [5.41, 5.74) is 2.18. The second-order valence-electron chi connectivity index (χ2n) is 5.62. The quantitative estimate of drug-likeness (QED) is 0.910. The summed E-state index contributed by atoms with van der Waals surface area (Å²) >= 11 is 0. The Hall–Kier alpha value is -1.97. The van der Waals surface area contributed by atoms with Crippen molar-refractivity contribution in [1.29, 1.82) is 0 Å². The molecule has 1 aliphatic rings. The number of hydrogen-bond acceptors (Lipinski definition) is 2. The predicted octanol–water partition coefficient (Wildman–Crippen LogP) is 3.16. The van der Waals surface area contributed by atoms with Crippen molar-refractivity contribution in [2.75, 3.05) is 7.11 Å². The number of aliphatic carboxylic acids is 1. The SMILES string of the molecule is COc1cc(C(CC(=O)O)C2CC2)cc2c1ccn2C. The first-order valence-corrected chi connectivity index (χ1v) is 6.95. The van der Waals surface area contributed by atoms with Crippen molar-refractivity contribution in [1.82, 2.24) is 4.57 Å². The number of carboxylic acids is 1. The summed E-state index contributed by atoms with van der Waals surface area (Å²) in [5.74, 6) is 0.705. The van der Waals surface area contributed by atoms with Gasteiger partial charge in [0.2, 0.25) is 0 Å². The van der Waals surface area contributed by atoms with Gasteiger partial charge in [-0.3, -0.25) is 4.79 Å². The van der Waals surface area contributed by atoms with Crippen LogP contribution in [0.2, 0.25) is 0 Å². The van der Waals surface area contributed by atoms with E-state index in [1.54, 1.807) is 7.11 Å². The average Bonchev–Trinajstić information content (AvgIpc) is 3.20. The second-order valence-corrected chi connectivity index (χ2v) is 5.62. The van der Waals surface area contributed by atoms with Crippen molar-refractivity contribution in [3.05, 3.63) is 30.0 Å². The first kappa shape index (κ1) is 13.0. The molecular formula is C16H19NO3. The second kappa shape index (κ2) is 4.85. The number of ether oxygens (including phenoxy) is 1. The highest BCUT2D eigenvalue weighted by Crippen LogP contribution is 2.46. The Morgan fingerprint density at radius 2 is 2.25 bits per heavy atom. The zero-order valence-corrected chi connectivity index (χ0v) is 11.8. The molecular weight excluding hydrogens is 254 g/mol. The third-order valence-corrected chi connectivity index (χ3v) is 4.22. The molecule has 1 heterocycles. The zero-order valence-electron chi connectivity index (χ0n) is 11.8. The average molecular weight is 273 g/mol. The Kier molecular flexibility index (Phi) is 3.16. The standard InChI is InChI=1S/C16H19NO3/c1-17-6-5-12-14(17)7-11(8-15(12)20-2)13(9-16(18)19)10-3-4-10/h5-8,10,13H,3-4,9H2,1-2H3,(H,18,19). The predicted molar refractivity (Wildman–Crippen MR) is 77.2 cm³/mol. The fourth-order valence-corrected chi connectivity index (χ4v) is 2.98. The van der Waals surface area contributed by atoms with Crippen LogP contribution in [-0.4, -0.2) is 22.8 Å². The van der Waals surface area contributed by atoms with Crippen LogP contribution in [0.5, 0.6) is 5.75 Å². The molecule has 2 aromatic rings. The van der Waals surface area contributed by atoms with Crippen LogP contribution < -0.4 is 4.74 Å². The van der Waals surface area contributed by atoms with E-state index in [4.69, 9.17) is 9.84 Å². The smallest absolute Gasteiger partial charge is 0.303 e. The van der Waals surface area contributed by atoms with Crippen LogP contribution >= 0.6 is 0 Å². The fourth-order valence-electron chi connectivity index (χ4n) is 2.98. The molecule has 1 aromatic heterocycles. The molecule has 4 nitrogen and oxygen atoms in total. The maximum atomic E-state index is 11.1. The molecule has 0 radical (unpaired) electrons. The van der Waals surface area contributed by atoms with E-state index >= 15 is 0 Å². The number of rotatable bonds is 5. The summed E-state index contributed by atoms with van der Waals surface area (Å²) in [6.45, 7) is 0. The maximum absolute atomic E-state index is 11.1. The topological polar surface area (TPSA) is 51.5 Å². The highest BCUT2D eigenvalue weighted by atomic mass is 16.5. The van der Waals surface area contributed by atoms with Gasteiger partial charge in [0.1, 0.15) is 5.75 Å². The lowest BCUT2D eigenvalue weighted by atomic mass is 9.90. The summed E-state index contributed by atoms with van der Waals surface area (Å²) in [6, 6.07) is 6.15. The van der Waals surface area contributed by atoms with Gasteiger partial charge in [0.25, 0.3) is 0 Å². The van der Waals surface area contributed by atoms with Gasteiger partial charge in [-0.05, 0) is 48.4 Å². The minimum Gasteiger partial charge on any atom is -0.496 e. The number of carbonyl (C=O) groups is 1. The lowest BCUT2D eigenvalue weighted by Crippen LogP contribution is -2.09. The van der Waals surface area contributed by atoms with Crippen LogP contribution in [0, 0.1) is 5.92 Å². The number of methoxy groups -OCH3 is 1. The highest BCUT2D eigenvalue weighted by molar-refractivity contribution is 5.87. The van der Waals surface area contributed by atoms with E-state index in [-0.39, 0.29) is 12.3 Å². The number of hydrogen-bond donors (Lipinski definition) is 1. The third-order valence-electron chi connectivity index (χ3n) is 4.22. The van der Waals surface area contributed by atoms with Gasteiger partial charge in [-0.1, -0.05) is 0 Å². The van der Waals surface area contributed by atoms with Crippen molar-refractivity contribution in [3.8, 4) is 5.75 Å². The molecule has 0 spiro atoms. The Bertz CT molecular complexity index is 655. The monoisotopic (exact) mass is 273 g/mol. The van der Waals surface area contributed by atoms with Gasteiger partial charge in [0, 0.05) is 18.6 Å². The molecule has 0 bridgehead atoms. The lowest BCUT2D eigenvalue weighted by molar-refractivity contribution is -0.137.